The number of nitrogens with zero attached hydrogens (tertiary/aromatic N) is 3. The Balaban J connectivity index is 2.11. The number of aromatic nitrogens is 2. The number of benzene rings is 1. The van der Waals surface area contributed by atoms with Crippen LogP contribution in [0.4, 0.5) is 26.2 Å². The van der Waals surface area contributed by atoms with Gasteiger partial charge >= 0.3 is 5.69 Å². The predicted octanol–water partition coefficient (Wildman–Crippen LogP) is 1.86. The maximum atomic E-state index is 13.0. The number of nitrogens with one attached hydrogen (secondary N) is 1. The molecule has 2 rings (SSSR count). The summed E-state index contributed by atoms with van der Waals surface area (Å²) in [5.41, 5.74) is 5.31. The van der Waals surface area contributed by atoms with Crippen LogP contribution in [-0.4, -0.2) is 14.9 Å². The molecule has 0 saturated heterocycles. The van der Waals surface area contributed by atoms with Gasteiger partial charge in [-0.05, 0) is 17.7 Å². The molecule has 1 aromatic heterocycles. The second-order valence-corrected chi connectivity index (χ2v) is 3.85. The molecule has 2 aromatic rings. The van der Waals surface area contributed by atoms with Crippen molar-refractivity contribution in [3.63, 3.8) is 0 Å². The highest BCUT2D eigenvalue weighted by molar-refractivity contribution is 5.53. The molecule has 1 aromatic carbocycles. The molecule has 7 nitrogen and oxygen atoms in total. The lowest BCUT2D eigenvalue weighted by Crippen LogP contribution is -2.07. The van der Waals surface area contributed by atoms with E-state index in [-0.39, 0.29) is 18.3 Å². The normalized spacial score (nSPS) is 10.3. The van der Waals surface area contributed by atoms with Crippen LogP contribution in [0.15, 0.2) is 24.4 Å². The van der Waals surface area contributed by atoms with Gasteiger partial charge in [-0.25, -0.2) is 13.8 Å². The molecule has 0 unspecified atom stereocenters. The largest absolute Gasteiger partial charge is 0.378 e. The van der Waals surface area contributed by atoms with Gasteiger partial charge in [-0.1, -0.05) is 0 Å². The van der Waals surface area contributed by atoms with Gasteiger partial charge in [-0.3, -0.25) is 10.1 Å². The molecule has 104 valence electrons. The molecule has 0 saturated carbocycles. The molecule has 0 aliphatic heterocycles. The van der Waals surface area contributed by atoms with E-state index in [0.29, 0.717) is 5.56 Å². The van der Waals surface area contributed by atoms with Gasteiger partial charge in [0.1, 0.15) is 17.8 Å². The molecule has 9 heteroatoms. The second-order valence-electron chi connectivity index (χ2n) is 3.85. The van der Waals surface area contributed by atoms with Gasteiger partial charge in [0.15, 0.2) is 0 Å². The van der Waals surface area contributed by atoms with Gasteiger partial charge < -0.3 is 11.1 Å². The lowest BCUT2D eigenvalue weighted by Gasteiger charge is -2.06. The first-order valence-electron chi connectivity index (χ1n) is 5.41. The minimum Gasteiger partial charge on any atom is -0.378 e. The Morgan fingerprint density at radius 3 is 2.50 bits per heavy atom. The van der Waals surface area contributed by atoms with Crippen molar-refractivity contribution in [3.8, 4) is 0 Å². The summed E-state index contributed by atoms with van der Waals surface area (Å²) in [6.45, 7) is 0.0476. The topological polar surface area (TPSA) is 107 Å². The molecule has 20 heavy (non-hydrogen) atoms. The number of nitro groups is 1. The number of halogens is 2. The van der Waals surface area contributed by atoms with E-state index in [1.165, 1.54) is 0 Å². The van der Waals surface area contributed by atoms with Crippen molar-refractivity contribution in [2.45, 2.75) is 6.54 Å². The number of rotatable bonds is 4. The highest BCUT2D eigenvalue weighted by atomic mass is 19.1. The van der Waals surface area contributed by atoms with Crippen LogP contribution in [-0.2, 0) is 6.54 Å². The lowest BCUT2D eigenvalue weighted by atomic mass is 10.2. The van der Waals surface area contributed by atoms with Gasteiger partial charge in [0.05, 0.1) is 4.92 Å². The highest BCUT2D eigenvalue weighted by Crippen LogP contribution is 2.18. The molecule has 3 N–H and O–H groups in total. The smallest absolute Gasteiger partial charge is 0.329 e. The van der Waals surface area contributed by atoms with Crippen molar-refractivity contribution in [2.75, 3.05) is 11.1 Å². The first-order chi connectivity index (χ1) is 9.45. The van der Waals surface area contributed by atoms with Crippen LogP contribution < -0.4 is 11.1 Å². The van der Waals surface area contributed by atoms with Crippen LogP contribution in [0.1, 0.15) is 5.56 Å². The zero-order valence-electron chi connectivity index (χ0n) is 10.0. The van der Waals surface area contributed by atoms with Crippen molar-refractivity contribution in [1.82, 2.24) is 9.97 Å². The zero-order valence-corrected chi connectivity index (χ0v) is 10.0. The van der Waals surface area contributed by atoms with Crippen LogP contribution >= 0.6 is 0 Å². The molecule has 0 aliphatic carbocycles. The van der Waals surface area contributed by atoms with E-state index in [2.05, 4.69) is 15.3 Å². The number of nitrogen functional groups attached to an aromatic ring is 1. The summed E-state index contributed by atoms with van der Waals surface area (Å²) in [5, 5.41) is 13.2. The Kier molecular flexibility index (Phi) is 3.69. The fraction of sp³-hybridized carbons (Fsp3) is 0.0909. The average Bonchev–Trinajstić information content (AvgIpc) is 2.35. The lowest BCUT2D eigenvalue weighted by molar-refractivity contribution is -0.384. The Morgan fingerprint density at radius 1 is 1.30 bits per heavy atom. The van der Waals surface area contributed by atoms with Crippen molar-refractivity contribution in [3.05, 3.63) is 51.7 Å². The number of hydrogen-bond acceptors (Lipinski definition) is 6. The van der Waals surface area contributed by atoms with Crippen LogP contribution in [0.2, 0.25) is 0 Å². The number of nitrogens with two attached hydrogens (primary N) is 1. The molecular formula is C11H9F2N5O2. The summed E-state index contributed by atoms with van der Waals surface area (Å²) in [6.07, 6.45) is 0.955. The van der Waals surface area contributed by atoms with Crippen LogP contribution in [0, 0.1) is 21.7 Å². The molecule has 0 spiro atoms. The highest BCUT2D eigenvalue weighted by Gasteiger charge is 2.14. The maximum absolute atomic E-state index is 13.0. The van der Waals surface area contributed by atoms with E-state index in [1.807, 2.05) is 0 Å². The first-order valence-corrected chi connectivity index (χ1v) is 5.41. The minimum atomic E-state index is -0.707. The number of hydrogen-bond donors (Lipinski definition) is 2. The summed E-state index contributed by atoms with van der Waals surface area (Å²) in [7, 11) is 0. The molecule has 1 heterocycles. The standard InChI is InChI=1S/C11H9F2N5O2/c12-7-1-6(2-8(13)3-7)4-15-11-16-5-9(18(19)20)10(14)17-11/h1-3,5H,4H2,(H3,14,15,16,17). The van der Waals surface area contributed by atoms with Gasteiger partial charge in [-0.15, -0.1) is 0 Å². The summed E-state index contributed by atoms with van der Waals surface area (Å²) >= 11 is 0. The zero-order chi connectivity index (χ0) is 14.7. The van der Waals surface area contributed by atoms with E-state index in [0.717, 1.165) is 24.4 Å². The molecule has 0 aliphatic rings. The summed E-state index contributed by atoms with van der Waals surface area (Å²) < 4.78 is 25.9. The fourth-order valence-corrected chi connectivity index (χ4v) is 1.51. The summed E-state index contributed by atoms with van der Waals surface area (Å²) in [4.78, 5) is 17.2. The number of anilines is 2. The SMILES string of the molecule is Nc1nc(NCc2cc(F)cc(F)c2)ncc1[N+](=O)[O-]. The quantitative estimate of drug-likeness (QED) is 0.654. The van der Waals surface area contributed by atoms with Crippen LogP contribution in [0.25, 0.3) is 0 Å². The van der Waals surface area contributed by atoms with Gasteiger partial charge in [0, 0.05) is 12.6 Å². The van der Waals surface area contributed by atoms with Gasteiger partial charge in [-0.2, -0.15) is 4.98 Å². The second kappa shape index (κ2) is 5.43. The molecule has 0 radical (unpaired) electrons. The Hall–Kier alpha value is -2.84. The molecule has 0 fully saturated rings. The monoisotopic (exact) mass is 281 g/mol. The Labute approximate surface area is 111 Å². The van der Waals surface area contributed by atoms with Crippen molar-refractivity contribution in [2.24, 2.45) is 0 Å². The fourth-order valence-electron chi connectivity index (χ4n) is 1.51. The maximum Gasteiger partial charge on any atom is 0.329 e. The van der Waals surface area contributed by atoms with Crippen molar-refractivity contribution < 1.29 is 13.7 Å². The van der Waals surface area contributed by atoms with Gasteiger partial charge in [0.2, 0.25) is 11.8 Å². The molecule has 0 bridgehead atoms. The third kappa shape index (κ3) is 3.13. The van der Waals surface area contributed by atoms with Gasteiger partial charge in [0.25, 0.3) is 0 Å². The third-order valence-electron chi connectivity index (χ3n) is 2.37. The average molecular weight is 281 g/mol. The van der Waals surface area contributed by atoms with Crippen LogP contribution in [0.5, 0.6) is 0 Å². The third-order valence-corrected chi connectivity index (χ3v) is 2.37. The van der Waals surface area contributed by atoms with Crippen molar-refractivity contribution in [1.29, 1.82) is 0 Å². The molecule has 0 amide bonds. The molecule has 0 atom stereocenters. The molecular weight excluding hydrogens is 272 g/mol. The van der Waals surface area contributed by atoms with E-state index in [9.17, 15) is 18.9 Å². The Bertz CT molecular complexity index is 645. The minimum absolute atomic E-state index is 0.0257. The summed E-state index contributed by atoms with van der Waals surface area (Å²) in [6, 6.07) is 3.04. The van der Waals surface area contributed by atoms with E-state index in [1.54, 1.807) is 0 Å². The van der Waals surface area contributed by atoms with Crippen molar-refractivity contribution >= 4 is 17.5 Å². The first kappa shape index (κ1) is 13.6. The summed E-state index contributed by atoms with van der Waals surface area (Å²) in [5.74, 6) is -1.67. The predicted molar refractivity (Wildman–Crippen MR) is 66.8 cm³/mol. The van der Waals surface area contributed by atoms with Crippen LogP contribution in [0.3, 0.4) is 0 Å². The Morgan fingerprint density at radius 2 is 1.95 bits per heavy atom. The van der Waals surface area contributed by atoms with E-state index in [4.69, 9.17) is 5.73 Å². The van der Waals surface area contributed by atoms with E-state index < -0.39 is 22.2 Å². The van der Waals surface area contributed by atoms with E-state index >= 15 is 0 Å².